The Balaban J connectivity index is 1.92. The molecule has 0 bridgehead atoms. The van der Waals surface area contributed by atoms with Crippen molar-refractivity contribution in [2.75, 3.05) is 20.3 Å². The molecule has 134 valence electrons. The molecule has 8 heteroatoms. The number of aromatic nitrogens is 4. The molecule has 2 aromatic rings. The van der Waals surface area contributed by atoms with E-state index in [0.29, 0.717) is 37.2 Å². The van der Waals surface area contributed by atoms with Crippen LogP contribution in [0.1, 0.15) is 47.3 Å². The second-order valence-electron chi connectivity index (χ2n) is 6.49. The van der Waals surface area contributed by atoms with Crippen LogP contribution in [0.3, 0.4) is 0 Å². The zero-order valence-electron chi connectivity index (χ0n) is 15.2. The first kappa shape index (κ1) is 17.2. The molecule has 0 unspecified atom stereocenters. The van der Waals surface area contributed by atoms with Crippen molar-refractivity contribution in [3.8, 4) is 11.6 Å². The Bertz CT molecular complexity index is 800. The molecule has 0 spiro atoms. The molecular formula is C17H23N5O3. The molecule has 8 nitrogen and oxygen atoms in total. The van der Waals surface area contributed by atoms with Crippen molar-refractivity contribution in [1.82, 2.24) is 24.6 Å². The van der Waals surface area contributed by atoms with E-state index in [-0.39, 0.29) is 17.5 Å². The second-order valence-corrected chi connectivity index (χ2v) is 6.49. The summed E-state index contributed by atoms with van der Waals surface area (Å²) in [5.74, 6) is 1.09. The zero-order valence-corrected chi connectivity index (χ0v) is 15.2. The van der Waals surface area contributed by atoms with E-state index in [4.69, 9.17) is 9.47 Å². The van der Waals surface area contributed by atoms with E-state index in [1.54, 1.807) is 16.6 Å². The summed E-state index contributed by atoms with van der Waals surface area (Å²) in [6, 6.07) is 0. The van der Waals surface area contributed by atoms with Gasteiger partial charge in [-0.05, 0) is 6.92 Å². The zero-order chi connectivity index (χ0) is 18.1. The number of amides is 1. The van der Waals surface area contributed by atoms with E-state index in [0.717, 1.165) is 11.3 Å². The summed E-state index contributed by atoms with van der Waals surface area (Å²) in [5, 5.41) is 4.31. The smallest absolute Gasteiger partial charge is 0.276 e. The third kappa shape index (κ3) is 3.42. The van der Waals surface area contributed by atoms with Crippen LogP contribution in [0.15, 0.2) is 6.20 Å². The maximum atomic E-state index is 13.0. The maximum absolute atomic E-state index is 13.0. The van der Waals surface area contributed by atoms with Crippen LogP contribution >= 0.6 is 0 Å². The van der Waals surface area contributed by atoms with Gasteiger partial charge in [0.15, 0.2) is 5.69 Å². The molecule has 2 aromatic heterocycles. The van der Waals surface area contributed by atoms with Gasteiger partial charge in [-0.25, -0.2) is 4.98 Å². The Morgan fingerprint density at radius 1 is 1.32 bits per heavy atom. The molecule has 0 saturated carbocycles. The Kier molecular flexibility index (Phi) is 4.61. The molecule has 0 aliphatic carbocycles. The lowest BCUT2D eigenvalue weighted by molar-refractivity contribution is 0.0764. The Morgan fingerprint density at radius 3 is 2.68 bits per heavy atom. The van der Waals surface area contributed by atoms with Crippen molar-refractivity contribution >= 4 is 5.91 Å². The number of rotatable bonds is 4. The molecule has 0 fully saturated rings. The Labute approximate surface area is 146 Å². The van der Waals surface area contributed by atoms with Gasteiger partial charge in [-0.2, -0.15) is 10.1 Å². The Morgan fingerprint density at radius 2 is 2.04 bits per heavy atom. The van der Waals surface area contributed by atoms with Gasteiger partial charge in [-0.3, -0.25) is 9.48 Å². The van der Waals surface area contributed by atoms with E-state index in [1.165, 1.54) is 0 Å². The highest BCUT2D eigenvalue weighted by atomic mass is 16.6. The van der Waals surface area contributed by atoms with Gasteiger partial charge < -0.3 is 14.4 Å². The number of carbonyl (C=O) groups excluding carboxylic acids is 1. The van der Waals surface area contributed by atoms with Crippen molar-refractivity contribution in [2.24, 2.45) is 7.05 Å². The quantitative estimate of drug-likeness (QED) is 0.838. The van der Waals surface area contributed by atoms with Gasteiger partial charge in [0, 0.05) is 38.3 Å². The minimum atomic E-state index is -0.227. The molecule has 1 aliphatic heterocycles. The first-order valence-corrected chi connectivity index (χ1v) is 8.29. The van der Waals surface area contributed by atoms with Crippen LogP contribution in [-0.2, 0) is 13.6 Å². The van der Waals surface area contributed by atoms with E-state index in [1.807, 2.05) is 34.0 Å². The lowest BCUT2D eigenvalue weighted by Gasteiger charge is -2.23. The lowest BCUT2D eigenvalue weighted by atomic mass is 10.2. The van der Waals surface area contributed by atoms with Crippen LogP contribution in [0.4, 0.5) is 0 Å². The molecule has 3 rings (SSSR count). The minimum Gasteiger partial charge on any atom is -0.483 e. The highest BCUT2D eigenvalue weighted by Gasteiger charge is 2.28. The van der Waals surface area contributed by atoms with Gasteiger partial charge in [-0.1, -0.05) is 13.8 Å². The fourth-order valence-electron chi connectivity index (χ4n) is 2.67. The van der Waals surface area contributed by atoms with Crippen LogP contribution in [-0.4, -0.2) is 50.8 Å². The van der Waals surface area contributed by atoms with E-state index in [9.17, 15) is 4.79 Å². The molecule has 0 aromatic carbocycles. The van der Waals surface area contributed by atoms with Gasteiger partial charge >= 0.3 is 0 Å². The molecule has 1 amide bonds. The van der Waals surface area contributed by atoms with Crippen LogP contribution in [0.2, 0.25) is 0 Å². The Hall–Kier alpha value is -2.64. The number of hydrogen-bond acceptors (Lipinski definition) is 6. The van der Waals surface area contributed by atoms with Gasteiger partial charge in [0.2, 0.25) is 5.75 Å². The molecule has 0 radical (unpaired) electrons. The lowest BCUT2D eigenvalue weighted by Crippen LogP contribution is -2.30. The highest BCUT2D eigenvalue weighted by Crippen LogP contribution is 2.33. The van der Waals surface area contributed by atoms with Crippen molar-refractivity contribution in [2.45, 2.75) is 33.2 Å². The van der Waals surface area contributed by atoms with Crippen LogP contribution in [0, 0.1) is 6.92 Å². The number of fused-ring (bicyclic) bond motifs is 1. The van der Waals surface area contributed by atoms with Crippen LogP contribution in [0.25, 0.3) is 0 Å². The fraction of sp³-hybridized carbons (Fsp3) is 0.529. The van der Waals surface area contributed by atoms with E-state index in [2.05, 4.69) is 15.1 Å². The van der Waals surface area contributed by atoms with Crippen molar-refractivity contribution in [1.29, 1.82) is 0 Å². The summed E-state index contributed by atoms with van der Waals surface area (Å²) in [5.41, 5.74) is 2.13. The van der Waals surface area contributed by atoms with Crippen molar-refractivity contribution in [3.05, 3.63) is 29.0 Å². The average Bonchev–Trinajstić information content (AvgIpc) is 2.90. The molecule has 25 heavy (non-hydrogen) atoms. The van der Waals surface area contributed by atoms with Gasteiger partial charge in [0.05, 0.1) is 5.69 Å². The molecule has 0 atom stereocenters. The predicted octanol–water partition coefficient (Wildman–Crippen LogP) is 1.69. The summed E-state index contributed by atoms with van der Waals surface area (Å²) >= 11 is 0. The first-order chi connectivity index (χ1) is 11.9. The number of ether oxygens (including phenoxy) is 2. The topological polar surface area (TPSA) is 82.4 Å². The third-order valence-corrected chi connectivity index (χ3v) is 4.01. The summed E-state index contributed by atoms with van der Waals surface area (Å²) in [4.78, 5) is 23.4. The SMILES string of the molecule is Cc1nn(C)cc1CN(C)C(=O)c1nc(C(C)C)nc2c1OCCO2. The predicted molar refractivity (Wildman–Crippen MR) is 90.9 cm³/mol. The van der Waals surface area contributed by atoms with Gasteiger partial charge in [0.1, 0.15) is 19.0 Å². The molecule has 1 aliphatic rings. The molecular weight excluding hydrogens is 322 g/mol. The van der Waals surface area contributed by atoms with Gasteiger partial charge in [0.25, 0.3) is 11.8 Å². The number of carbonyl (C=O) groups is 1. The molecule has 3 heterocycles. The number of aryl methyl sites for hydroxylation is 2. The summed E-state index contributed by atoms with van der Waals surface area (Å²) in [6.45, 7) is 7.11. The van der Waals surface area contributed by atoms with Crippen molar-refractivity contribution in [3.63, 3.8) is 0 Å². The summed E-state index contributed by atoms with van der Waals surface area (Å²) < 4.78 is 12.9. The monoisotopic (exact) mass is 345 g/mol. The van der Waals surface area contributed by atoms with Gasteiger partial charge in [-0.15, -0.1) is 0 Å². The summed E-state index contributed by atoms with van der Waals surface area (Å²) in [6.07, 6.45) is 1.91. The normalized spacial score (nSPS) is 13.2. The van der Waals surface area contributed by atoms with Crippen LogP contribution < -0.4 is 9.47 Å². The third-order valence-electron chi connectivity index (χ3n) is 4.01. The van der Waals surface area contributed by atoms with Crippen molar-refractivity contribution < 1.29 is 14.3 Å². The first-order valence-electron chi connectivity index (χ1n) is 8.29. The molecule has 0 N–H and O–H groups in total. The minimum absolute atomic E-state index is 0.0771. The summed E-state index contributed by atoms with van der Waals surface area (Å²) in [7, 11) is 3.60. The van der Waals surface area contributed by atoms with E-state index >= 15 is 0 Å². The van der Waals surface area contributed by atoms with Crippen LogP contribution in [0.5, 0.6) is 11.6 Å². The standard InChI is InChI=1S/C17H23N5O3/c1-10(2)15-18-13(14-16(19-15)25-7-6-24-14)17(23)21(4)8-12-9-22(5)20-11(12)3/h9-10H,6-8H2,1-5H3. The highest BCUT2D eigenvalue weighted by molar-refractivity contribution is 5.95. The second kappa shape index (κ2) is 6.70. The average molecular weight is 345 g/mol. The maximum Gasteiger partial charge on any atom is 0.276 e. The number of nitrogens with zero attached hydrogens (tertiary/aromatic N) is 5. The van der Waals surface area contributed by atoms with E-state index < -0.39 is 0 Å². The molecule has 0 saturated heterocycles. The number of hydrogen-bond donors (Lipinski definition) is 0. The fourth-order valence-corrected chi connectivity index (χ4v) is 2.67. The largest absolute Gasteiger partial charge is 0.483 e.